The first-order chi connectivity index (χ1) is 8.80. The number of sulfonamides is 1. The lowest BCUT2D eigenvalue weighted by atomic mass is 10.2. The SMILES string of the molecule is COCCN(C)S(=O)(=O)c1ccc(O)c(C(=O)O)c1. The summed E-state index contributed by atoms with van der Waals surface area (Å²) in [5.74, 6) is -1.87. The van der Waals surface area contributed by atoms with E-state index in [-0.39, 0.29) is 18.0 Å². The number of carboxylic acid groups (broad SMARTS) is 1. The number of benzene rings is 1. The Hall–Kier alpha value is -1.64. The molecule has 0 saturated heterocycles. The van der Waals surface area contributed by atoms with Crippen molar-refractivity contribution in [2.45, 2.75) is 4.90 Å². The van der Waals surface area contributed by atoms with Gasteiger partial charge in [-0.15, -0.1) is 0 Å². The number of rotatable bonds is 6. The van der Waals surface area contributed by atoms with Crippen molar-refractivity contribution in [3.8, 4) is 5.75 Å². The Morgan fingerprint density at radius 1 is 1.42 bits per heavy atom. The van der Waals surface area contributed by atoms with Gasteiger partial charge in [0.05, 0.1) is 11.5 Å². The van der Waals surface area contributed by atoms with Gasteiger partial charge in [-0.3, -0.25) is 0 Å². The molecule has 0 aromatic heterocycles. The van der Waals surface area contributed by atoms with Crippen molar-refractivity contribution in [3.05, 3.63) is 23.8 Å². The van der Waals surface area contributed by atoms with Crippen LogP contribution in [0.1, 0.15) is 10.4 Å². The van der Waals surface area contributed by atoms with Crippen LogP contribution in [0.15, 0.2) is 23.1 Å². The number of methoxy groups -OCH3 is 1. The molecule has 0 aliphatic rings. The molecule has 0 amide bonds. The monoisotopic (exact) mass is 289 g/mol. The van der Waals surface area contributed by atoms with Gasteiger partial charge in [0.1, 0.15) is 11.3 Å². The lowest BCUT2D eigenvalue weighted by Crippen LogP contribution is -2.30. The van der Waals surface area contributed by atoms with E-state index < -0.39 is 27.3 Å². The highest BCUT2D eigenvalue weighted by Gasteiger charge is 2.23. The summed E-state index contributed by atoms with van der Waals surface area (Å²) in [5.41, 5.74) is -0.457. The van der Waals surface area contributed by atoms with Gasteiger partial charge in [0.2, 0.25) is 10.0 Å². The maximum Gasteiger partial charge on any atom is 0.339 e. The van der Waals surface area contributed by atoms with E-state index in [9.17, 15) is 18.3 Å². The summed E-state index contributed by atoms with van der Waals surface area (Å²) in [4.78, 5) is 10.7. The summed E-state index contributed by atoms with van der Waals surface area (Å²) in [6.07, 6.45) is 0. The fourth-order valence-corrected chi connectivity index (χ4v) is 2.55. The van der Waals surface area contributed by atoms with Gasteiger partial charge in [0.15, 0.2) is 0 Å². The van der Waals surface area contributed by atoms with Crippen molar-refractivity contribution in [1.29, 1.82) is 0 Å². The van der Waals surface area contributed by atoms with Crippen LogP contribution in [-0.4, -0.2) is 56.2 Å². The summed E-state index contributed by atoms with van der Waals surface area (Å²) in [6.45, 7) is 0.363. The molecule has 0 saturated carbocycles. The van der Waals surface area contributed by atoms with Crippen LogP contribution in [0.4, 0.5) is 0 Å². The Morgan fingerprint density at radius 2 is 2.05 bits per heavy atom. The van der Waals surface area contributed by atoms with Crippen LogP contribution in [0.25, 0.3) is 0 Å². The van der Waals surface area contributed by atoms with Crippen LogP contribution in [0.2, 0.25) is 0 Å². The third-order valence-electron chi connectivity index (χ3n) is 2.52. The normalized spacial score (nSPS) is 11.7. The molecule has 1 aromatic rings. The molecule has 0 atom stereocenters. The fraction of sp³-hybridized carbons (Fsp3) is 0.364. The van der Waals surface area contributed by atoms with E-state index in [1.54, 1.807) is 0 Å². The highest BCUT2D eigenvalue weighted by atomic mass is 32.2. The number of phenols is 1. The maximum absolute atomic E-state index is 12.1. The molecule has 0 heterocycles. The van der Waals surface area contributed by atoms with Crippen LogP contribution in [-0.2, 0) is 14.8 Å². The predicted molar refractivity (Wildman–Crippen MR) is 66.8 cm³/mol. The second-order valence-electron chi connectivity index (χ2n) is 3.80. The molecule has 0 bridgehead atoms. The smallest absolute Gasteiger partial charge is 0.339 e. The topological polar surface area (TPSA) is 104 Å². The Balaban J connectivity index is 3.15. The van der Waals surface area contributed by atoms with Crippen molar-refractivity contribution >= 4 is 16.0 Å². The van der Waals surface area contributed by atoms with Crippen molar-refractivity contribution < 1.29 is 28.2 Å². The van der Waals surface area contributed by atoms with Gasteiger partial charge >= 0.3 is 5.97 Å². The molecular weight excluding hydrogens is 274 g/mol. The molecule has 1 aromatic carbocycles. The predicted octanol–water partition coefficient (Wildman–Crippen LogP) is 0.357. The lowest BCUT2D eigenvalue weighted by molar-refractivity contribution is 0.0693. The van der Waals surface area contributed by atoms with E-state index >= 15 is 0 Å². The second-order valence-corrected chi connectivity index (χ2v) is 5.85. The van der Waals surface area contributed by atoms with Crippen LogP contribution in [0, 0.1) is 0 Å². The molecule has 0 aliphatic carbocycles. The quantitative estimate of drug-likeness (QED) is 0.783. The number of hydrogen-bond donors (Lipinski definition) is 2. The molecule has 19 heavy (non-hydrogen) atoms. The minimum absolute atomic E-state index is 0.141. The van der Waals surface area contributed by atoms with Crippen molar-refractivity contribution in [1.82, 2.24) is 4.31 Å². The van der Waals surface area contributed by atoms with E-state index in [1.807, 2.05) is 0 Å². The van der Waals surface area contributed by atoms with Gasteiger partial charge in [0.25, 0.3) is 0 Å². The van der Waals surface area contributed by atoms with Crippen molar-refractivity contribution in [3.63, 3.8) is 0 Å². The summed E-state index contributed by atoms with van der Waals surface area (Å²) in [7, 11) is -0.994. The molecule has 0 spiro atoms. The van der Waals surface area contributed by atoms with Crippen LogP contribution < -0.4 is 0 Å². The Kier molecular flexibility index (Phi) is 4.87. The Bertz CT molecular complexity index is 569. The number of nitrogens with zero attached hydrogens (tertiary/aromatic N) is 1. The van der Waals surface area contributed by atoms with Gasteiger partial charge in [-0.1, -0.05) is 0 Å². The zero-order valence-corrected chi connectivity index (χ0v) is 11.3. The molecule has 7 nitrogen and oxygen atoms in total. The zero-order chi connectivity index (χ0) is 14.6. The number of carbonyl (C=O) groups is 1. The number of likely N-dealkylation sites (N-methyl/N-ethyl adjacent to an activating group) is 1. The second kappa shape index (κ2) is 6.00. The first-order valence-corrected chi connectivity index (χ1v) is 6.76. The first kappa shape index (κ1) is 15.4. The highest BCUT2D eigenvalue weighted by molar-refractivity contribution is 7.89. The highest BCUT2D eigenvalue weighted by Crippen LogP contribution is 2.23. The Morgan fingerprint density at radius 3 is 2.58 bits per heavy atom. The molecule has 106 valence electrons. The number of aromatic carboxylic acids is 1. The molecule has 0 fully saturated rings. The molecule has 0 aliphatic heterocycles. The molecular formula is C11H15NO6S. The van der Waals surface area contributed by atoms with Gasteiger partial charge in [-0.05, 0) is 18.2 Å². The average molecular weight is 289 g/mol. The minimum atomic E-state index is -3.81. The van der Waals surface area contributed by atoms with E-state index in [0.29, 0.717) is 0 Å². The maximum atomic E-state index is 12.1. The molecule has 1 rings (SSSR count). The van der Waals surface area contributed by atoms with Gasteiger partial charge in [-0.25, -0.2) is 13.2 Å². The third kappa shape index (κ3) is 3.43. The van der Waals surface area contributed by atoms with Crippen molar-refractivity contribution in [2.24, 2.45) is 0 Å². The number of ether oxygens (including phenoxy) is 1. The summed E-state index contributed by atoms with van der Waals surface area (Å²) < 4.78 is 30.1. The minimum Gasteiger partial charge on any atom is -0.507 e. The van der Waals surface area contributed by atoms with Gasteiger partial charge < -0.3 is 14.9 Å². The standard InChI is InChI=1S/C11H15NO6S/c1-12(5-6-18-2)19(16,17)8-3-4-10(13)9(7-8)11(14)15/h3-4,7,13H,5-6H2,1-2H3,(H,14,15). The fourth-order valence-electron chi connectivity index (χ4n) is 1.37. The molecule has 2 N–H and O–H groups in total. The lowest BCUT2D eigenvalue weighted by Gasteiger charge is -2.17. The summed E-state index contributed by atoms with van der Waals surface area (Å²) >= 11 is 0. The number of hydrogen-bond acceptors (Lipinski definition) is 5. The van der Waals surface area contributed by atoms with E-state index in [1.165, 1.54) is 14.2 Å². The number of carboxylic acids is 1. The summed E-state index contributed by atoms with van der Waals surface area (Å²) in [5, 5.41) is 18.2. The van der Waals surface area contributed by atoms with E-state index in [0.717, 1.165) is 22.5 Å². The van der Waals surface area contributed by atoms with Gasteiger partial charge in [-0.2, -0.15) is 4.31 Å². The zero-order valence-electron chi connectivity index (χ0n) is 10.5. The summed E-state index contributed by atoms with van der Waals surface area (Å²) in [6, 6.07) is 3.12. The van der Waals surface area contributed by atoms with E-state index in [2.05, 4.69) is 0 Å². The average Bonchev–Trinajstić information content (AvgIpc) is 2.35. The largest absolute Gasteiger partial charge is 0.507 e. The van der Waals surface area contributed by atoms with Gasteiger partial charge in [0, 0.05) is 20.7 Å². The van der Waals surface area contributed by atoms with Crippen molar-refractivity contribution in [2.75, 3.05) is 27.3 Å². The molecule has 0 unspecified atom stereocenters. The van der Waals surface area contributed by atoms with E-state index in [4.69, 9.17) is 9.84 Å². The molecule has 8 heteroatoms. The van der Waals surface area contributed by atoms with Crippen LogP contribution in [0.5, 0.6) is 5.75 Å². The molecule has 0 radical (unpaired) electrons. The van der Waals surface area contributed by atoms with Crippen LogP contribution in [0.3, 0.4) is 0 Å². The Labute approximate surface area is 111 Å². The first-order valence-electron chi connectivity index (χ1n) is 5.32. The van der Waals surface area contributed by atoms with Crippen LogP contribution >= 0.6 is 0 Å². The number of aromatic hydroxyl groups is 1. The third-order valence-corrected chi connectivity index (χ3v) is 4.37.